The van der Waals surface area contributed by atoms with Crippen LogP contribution in [-0.4, -0.2) is 22.3 Å². The van der Waals surface area contributed by atoms with Gasteiger partial charge in [0, 0.05) is 17.8 Å². The molecule has 2 aromatic rings. The number of aromatic hydroxyl groups is 2. The summed E-state index contributed by atoms with van der Waals surface area (Å²) in [7, 11) is 0. The van der Waals surface area contributed by atoms with Crippen molar-refractivity contribution in [1.82, 2.24) is 5.32 Å². The first kappa shape index (κ1) is 16.2. The molecule has 1 aliphatic carbocycles. The van der Waals surface area contributed by atoms with E-state index in [2.05, 4.69) is 10.6 Å². The van der Waals surface area contributed by atoms with Gasteiger partial charge in [-0.3, -0.25) is 0 Å². The summed E-state index contributed by atoms with van der Waals surface area (Å²) in [5.41, 5.74) is 1.65. The molecule has 2 amide bonds. The predicted molar refractivity (Wildman–Crippen MR) is 93.4 cm³/mol. The van der Waals surface area contributed by atoms with Gasteiger partial charge in [0.15, 0.2) is 0 Å². The second-order valence-electron chi connectivity index (χ2n) is 6.26. The molecule has 0 saturated heterocycles. The average molecular weight is 326 g/mol. The number of carbonyl (C=O) groups excluding carboxylic acids is 1. The van der Waals surface area contributed by atoms with Crippen LogP contribution in [0.15, 0.2) is 48.5 Å². The maximum absolute atomic E-state index is 12.0. The van der Waals surface area contributed by atoms with Gasteiger partial charge in [-0.05, 0) is 55.4 Å². The molecular weight excluding hydrogens is 304 g/mol. The third-order valence-electron chi connectivity index (χ3n) is 4.55. The molecule has 1 fully saturated rings. The Morgan fingerprint density at radius 3 is 2.33 bits per heavy atom. The van der Waals surface area contributed by atoms with E-state index < -0.39 is 0 Å². The molecule has 4 N–H and O–H groups in total. The average Bonchev–Trinajstić information content (AvgIpc) is 2.57. The van der Waals surface area contributed by atoms with Crippen LogP contribution in [0.4, 0.5) is 10.5 Å². The normalized spacial score (nSPS) is 20.3. The molecule has 0 heterocycles. The van der Waals surface area contributed by atoms with Crippen molar-refractivity contribution in [3.05, 3.63) is 54.1 Å². The fraction of sp³-hybridized carbons (Fsp3) is 0.316. The highest BCUT2D eigenvalue weighted by molar-refractivity contribution is 5.89. The predicted octanol–water partition coefficient (Wildman–Crippen LogP) is 3.95. The van der Waals surface area contributed by atoms with Gasteiger partial charge in [-0.25, -0.2) is 4.79 Å². The van der Waals surface area contributed by atoms with Gasteiger partial charge < -0.3 is 20.8 Å². The summed E-state index contributed by atoms with van der Waals surface area (Å²) in [6, 6.07) is 14.1. The number of benzene rings is 2. The lowest BCUT2D eigenvalue weighted by Crippen LogP contribution is -2.39. The quantitative estimate of drug-likeness (QED) is 0.689. The smallest absolute Gasteiger partial charge is 0.319 e. The van der Waals surface area contributed by atoms with E-state index in [1.165, 1.54) is 6.07 Å². The molecule has 3 rings (SSSR count). The Morgan fingerprint density at radius 1 is 0.958 bits per heavy atom. The van der Waals surface area contributed by atoms with E-state index in [1.54, 1.807) is 12.1 Å². The Morgan fingerprint density at radius 2 is 1.67 bits per heavy atom. The molecule has 0 bridgehead atoms. The molecule has 126 valence electrons. The highest BCUT2D eigenvalue weighted by Crippen LogP contribution is 2.38. The topological polar surface area (TPSA) is 81.6 Å². The Hall–Kier alpha value is -2.69. The first-order valence-electron chi connectivity index (χ1n) is 8.26. The van der Waals surface area contributed by atoms with E-state index >= 15 is 0 Å². The molecule has 0 aliphatic heterocycles. The number of hydrogen-bond acceptors (Lipinski definition) is 3. The summed E-state index contributed by atoms with van der Waals surface area (Å²) in [6.45, 7) is 0. The number of urea groups is 1. The van der Waals surface area contributed by atoms with E-state index in [0.29, 0.717) is 0 Å². The molecule has 1 aliphatic rings. The molecular formula is C19H22N2O3. The van der Waals surface area contributed by atoms with Crippen LogP contribution in [0.5, 0.6) is 11.5 Å². The number of phenolic OH excluding ortho intramolecular Hbond substituents is 2. The summed E-state index contributed by atoms with van der Waals surface area (Å²) in [6.07, 6.45) is 3.53. The van der Waals surface area contributed by atoms with E-state index in [4.69, 9.17) is 0 Å². The van der Waals surface area contributed by atoms with Crippen LogP contribution in [-0.2, 0) is 0 Å². The van der Waals surface area contributed by atoms with Gasteiger partial charge >= 0.3 is 6.03 Å². The van der Waals surface area contributed by atoms with Crippen molar-refractivity contribution in [2.75, 3.05) is 5.32 Å². The van der Waals surface area contributed by atoms with Crippen LogP contribution in [0.2, 0.25) is 0 Å². The zero-order valence-electron chi connectivity index (χ0n) is 13.4. The lowest BCUT2D eigenvalue weighted by molar-refractivity contribution is 0.242. The summed E-state index contributed by atoms with van der Waals surface area (Å²) in [4.78, 5) is 12.0. The number of carbonyl (C=O) groups is 1. The third kappa shape index (κ3) is 3.98. The largest absolute Gasteiger partial charge is 0.508 e. The van der Waals surface area contributed by atoms with Crippen LogP contribution in [0.25, 0.3) is 0 Å². The summed E-state index contributed by atoms with van der Waals surface area (Å²) in [5.74, 6) is 0.484. The maximum atomic E-state index is 12.0. The Bertz CT molecular complexity index is 695. The minimum Gasteiger partial charge on any atom is -0.508 e. The summed E-state index contributed by atoms with van der Waals surface area (Å²) < 4.78 is 0. The molecule has 5 heteroatoms. The molecule has 5 nitrogen and oxygen atoms in total. The highest BCUT2D eigenvalue weighted by Gasteiger charge is 2.25. The lowest BCUT2D eigenvalue weighted by Gasteiger charge is -2.29. The Labute approximate surface area is 141 Å². The van der Waals surface area contributed by atoms with Crippen molar-refractivity contribution in [3.8, 4) is 11.5 Å². The number of nitrogens with one attached hydrogen (secondary N) is 2. The van der Waals surface area contributed by atoms with Gasteiger partial charge in [0.05, 0.1) is 0 Å². The van der Waals surface area contributed by atoms with E-state index in [0.717, 1.165) is 36.9 Å². The van der Waals surface area contributed by atoms with Gasteiger partial charge in [0.2, 0.25) is 0 Å². The molecule has 0 aromatic heterocycles. The minimum absolute atomic E-state index is 0.0733. The van der Waals surface area contributed by atoms with E-state index in [-0.39, 0.29) is 29.5 Å². The number of para-hydroxylation sites is 1. The second kappa shape index (κ2) is 7.25. The van der Waals surface area contributed by atoms with Crippen molar-refractivity contribution < 1.29 is 15.0 Å². The van der Waals surface area contributed by atoms with Gasteiger partial charge in [-0.15, -0.1) is 0 Å². The molecule has 0 atom stereocenters. The zero-order chi connectivity index (χ0) is 16.9. The lowest BCUT2D eigenvalue weighted by atomic mass is 9.81. The SMILES string of the molecule is O=C(Nc1ccccc1)N[C@H]1CC[C@@H](c2ccc(O)cc2O)CC1. The molecule has 0 spiro atoms. The van der Waals surface area contributed by atoms with Gasteiger partial charge in [0.1, 0.15) is 11.5 Å². The highest BCUT2D eigenvalue weighted by atomic mass is 16.3. The monoisotopic (exact) mass is 326 g/mol. The minimum atomic E-state index is -0.183. The molecule has 0 radical (unpaired) electrons. The van der Waals surface area contributed by atoms with Crippen molar-refractivity contribution in [2.45, 2.75) is 37.6 Å². The van der Waals surface area contributed by atoms with Gasteiger partial charge in [0.25, 0.3) is 0 Å². The number of amides is 2. The van der Waals surface area contributed by atoms with Crippen molar-refractivity contribution >= 4 is 11.7 Å². The first-order chi connectivity index (χ1) is 11.6. The van der Waals surface area contributed by atoms with Crippen molar-refractivity contribution in [1.29, 1.82) is 0 Å². The van der Waals surface area contributed by atoms with Crippen LogP contribution in [0.1, 0.15) is 37.2 Å². The third-order valence-corrected chi connectivity index (χ3v) is 4.55. The van der Waals surface area contributed by atoms with Gasteiger partial charge in [-0.1, -0.05) is 24.3 Å². The number of hydrogen-bond donors (Lipinski definition) is 4. The number of phenols is 2. The van der Waals surface area contributed by atoms with E-state index in [9.17, 15) is 15.0 Å². The van der Waals surface area contributed by atoms with Gasteiger partial charge in [-0.2, -0.15) is 0 Å². The summed E-state index contributed by atoms with van der Waals surface area (Å²) >= 11 is 0. The van der Waals surface area contributed by atoms with Crippen LogP contribution >= 0.6 is 0 Å². The second-order valence-corrected chi connectivity index (χ2v) is 6.26. The Balaban J connectivity index is 1.51. The molecule has 0 unspecified atom stereocenters. The Kier molecular flexibility index (Phi) is 4.89. The zero-order valence-corrected chi connectivity index (χ0v) is 13.4. The standard InChI is InChI=1S/C19H22N2O3/c22-16-10-11-17(18(23)12-16)13-6-8-15(9-7-13)21-19(24)20-14-4-2-1-3-5-14/h1-5,10-13,15,22-23H,6-9H2,(H2,20,21,24)/t13-,15+. The van der Waals surface area contributed by atoms with Crippen molar-refractivity contribution in [3.63, 3.8) is 0 Å². The number of rotatable bonds is 3. The van der Waals surface area contributed by atoms with Crippen LogP contribution in [0.3, 0.4) is 0 Å². The number of anilines is 1. The van der Waals surface area contributed by atoms with Crippen molar-refractivity contribution in [2.24, 2.45) is 0 Å². The fourth-order valence-corrected chi connectivity index (χ4v) is 3.30. The maximum Gasteiger partial charge on any atom is 0.319 e. The fourth-order valence-electron chi connectivity index (χ4n) is 3.30. The first-order valence-corrected chi connectivity index (χ1v) is 8.26. The molecule has 24 heavy (non-hydrogen) atoms. The van der Waals surface area contributed by atoms with Crippen LogP contribution < -0.4 is 10.6 Å². The van der Waals surface area contributed by atoms with Crippen LogP contribution in [0, 0.1) is 0 Å². The molecule has 2 aromatic carbocycles. The molecule has 1 saturated carbocycles. The van der Waals surface area contributed by atoms with E-state index in [1.807, 2.05) is 30.3 Å². The summed E-state index contributed by atoms with van der Waals surface area (Å²) in [5, 5.41) is 25.2.